The second-order valence-corrected chi connectivity index (χ2v) is 5.47. The summed E-state index contributed by atoms with van der Waals surface area (Å²) < 4.78 is 8.40. The molecule has 6 heteroatoms. The maximum atomic E-state index is 5.53. The summed E-state index contributed by atoms with van der Waals surface area (Å²) in [6.45, 7) is 3.50. The van der Waals surface area contributed by atoms with Gasteiger partial charge >= 0.3 is 0 Å². The highest BCUT2D eigenvalue weighted by atomic mass is 79.9. The Labute approximate surface area is 105 Å². The van der Waals surface area contributed by atoms with E-state index in [0.717, 1.165) is 37.8 Å². The van der Waals surface area contributed by atoms with Crippen LogP contribution in [0.3, 0.4) is 0 Å². The molecule has 4 nitrogen and oxygen atoms in total. The number of hydrogen-bond donors (Lipinski definition) is 0. The Kier molecular flexibility index (Phi) is 4.08. The molecular formula is C10H12BrN3OSi. The second kappa shape index (κ2) is 5.56. The Hall–Kier alpha value is -0.723. The molecule has 2 rings (SSSR count). The molecule has 0 saturated carbocycles. The molecule has 0 spiro atoms. The molecule has 0 aliphatic carbocycles. The third-order valence-corrected chi connectivity index (χ3v) is 3.29. The van der Waals surface area contributed by atoms with Crippen molar-refractivity contribution in [1.29, 1.82) is 0 Å². The van der Waals surface area contributed by atoms with Gasteiger partial charge < -0.3 is 4.74 Å². The Morgan fingerprint density at radius 1 is 1.50 bits per heavy atom. The van der Waals surface area contributed by atoms with Crippen molar-refractivity contribution in [3.63, 3.8) is 0 Å². The zero-order valence-electron chi connectivity index (χ0n) is 8.98. The third-order valence-electron chi connectivity index (χ3n) is 2.15. The van der Waals surface area contributed by atoms with E-state index in [9.17, 15) is 0 Å². The summed E-state index contributed by atoms with van der Waals surface area (Å²) in [5.41, 5.74) is 1.75. The fourth-order valence-electron chi connectivity index (χ4n) is 1.36. The normalized spacial score (nSPS) is 11.1. The minimum atomic E-state index is 0.523. The van der Waals surface area contributed by atoms with Crippen molar-refractivity contribution in [2.75, 3.05) is 6.61 Å². The summed E-state index contributed by atoms with van der Waals surface area (Å²) in [6, 6.07) is 3.07. The predicted molar refractivity (Wildman–Crippen MR) is 67.6 cm³/mol. The van der Waals surface area contributed by atoms with Crippen molar-refractivity contribution in [3.05, 3.63) is 23.1 Å². The van der Waals surface area contributed by atoms with Crippen LogP contribution in [0.4, 0.5) is 0 Å². The molecule has 0 saturated heterocycles. The van der Waals surface area contributed by atoms with Gasteiger partial charge in [-0.2, -0.15) is 0 Å². The first-order valence-corrected chi connectivity index (χ1v) is 7.50. The summed E-state index contributed by atoms with van der Waals surface area (Å²) in [7, 11) is 0.941. The van der Waals surface area contributed by atoms with E-state index >= 15 is 0 Å². The first-order chi connectivity index (χ1) is 7.81. The van der Waals surface area contributed by atoms with Gasteiger partial charge in [0, 0.05) is 26.8 Å². The average Bonchev–Trinajstić information content (AvgIpc) is 2.67. The summed E-state index contributed by atoms with van der Waals surface area (Å²) in [6.07, 6.45) is 3.53. The fraction of sp³-hybridized carbons (Fsp3) is 0.400. The largest absolute Gasteiger partial charge is 0.361 e. The van der Waals surface area contributed by atoms with Gasteiger partial charge in [-0.3, -0.25) is 4.57 Å². The van der Waals surface area contributed by atoms with Crippen LogP contribution >= 0.6 is 15.9 Å². The zero-order chi connectivity index (χ0) is 11.4. The van der Waals surface area contributed by atoms with Gasteiger partial charge in [0.05, 0.1) is 6.33 Å². The molecule has 0 aliphatic heterocycles. The lowest BCUT2D eigenvalue weighted by Crippen LogP contribution is -2.04. The molecule has 2 heterocycles. The second-order valence-electron chi connectivity index (χ2n) is 3.35. The predicted octanol–water partition coefficient (Wildman–Crippen LogP) is 2.34. The van der Waals surface area contributed by atoms with Crippen LogP contribution in [0.2, 0.25) is 12.6 Å². The zero-order valence-corrected chi connectivity index (χ0v) is 11.6. The van der Waals surface area contributed by atoms with E-state index in [0.29, 0.717) is 6.73 Å². The van der Waals surface area contributed by atoms with Crippen LogP contribution in [0, 0.1) is 0 Å². The average molecular weight is 298 g/mol. The smallest absolute Gasteiger partial charge is 0.161 e. The van der Waals surface area contributed by atoms with Gasteiger partial charge in [0.25, 0.3) is 0 Å². The molecule has 2 radical (unpaired) electrons. The Balaban J connectivity index is 2.07. The van der Waals surface area contributed by atoms with Crippen LogP contribution in [0.1, 0.15) is 0 Å². The van der Waals surface area contributed by atoms with Crippen LogP contribution in [0.15, 0.2) is 23.1 Å². The number of pyridine rings is 1. The van der Waals surface area contributed by atoms with E-state index in [1.807, 2.05) is 10.6 Å². The van der Waals surface area contributed by atoms with Crippen molar-refractivity contribution >= 4 is 36.6 Å². The van der Waals surface area contributed by atoms with E-state index in [-0.39, 0.29) is 0 Å². The highest BCUT2D eigenvalue weighted by Gasteiger charge is 2.03. The first kappa shape index (κ1) is 11.8. The van der Waals surface area contributed by atoms with E-state index in [1.165, 1.54) is 0 Å². The molecule has 0 unspecified atom stereocenters. The molecular weight excluding hydrogens is 286 g/mol. The van der Waals surface area contributed by atoms with Crippen molar-refractivity contribution in [2.45, 2.75) is 19.3 Å². The molecule has 16 heavy (non-hydrogen) atoms. The monoisotopic (exact) mass is 297 g/mol. The maximum Gasteiger partial charge on any atom is 0.161 e. The number of halogens is 1. The lowest BCUT2D eigenvalue weighted by atomic mass is 10.4. The number of hydrogen-bond acceptors (Lipinski definition) is 3. The number of ether oxygens (including phenoxy) is 1. The van der Waals surface area contributed by atoms with Crippen molar-refractivity contribution < 1.29 is 4.74 Å². The topological polar surface area (TPSA) is 39.9 Å². The molecule has 0 fully saturated rings. The van der Waals surface area contributed by atoms with Gasteiger partial charge in [-0.1, -0.05) is 6.55 Å². The summed E-state index contributed by atoms with van der Waals surface area (Å²) in [5.74, 6) is 0. The van der Waals surface area contributed by atoms with Crippen LogP contribution in [0.5, 0.6) is 0 Å². The van der Waals surface area contributed by atoms with Crippen molar-refractivity contribution in [1.82, 2.24) is 14.5 Å². The van der Waals surface area contributed by atoms with Crippen molar-refractivity contribution in [2.24, 2.45) is 0 Å². The van der Waals surface area contributed by atoms with Crippen LogP contribution in [-0.2, 0) is 11.5 Å². The lowest BCUT2D eigenvalue weighted by molar-refractivity contribution is 0.0901. The molecule has 84 valence electrons. The molecule has 0 bridgehead atoms. The molecule has 0 amide bonds. The maximum absolute atomic E-state index is 5.53. The van der Waals surface area contributed by atoms with Gasteiger partial charge in [-0.15, -0.1) is 0 Å². The number of rotatable bonds is 5. The number of aromatic nitrogens is 3. The van der Waals surface area contributed by atoms with Crippen LogP contribution in [0.25, 0.3) is 11.2 Å². The van der Waals surface area contributed by atoms with Gasteiger partial charge in [0.2, 0.25) is 0 Å². The number of nitrogens with zero attached hydrogens (tertiary/aromatic N) is 3. The molecule has 2 aromatic rings. The molecule has 0 N–H and O–H groups in total. The standard InChI is InChI=1S/C10H12BrN3OSi/c1-16-3-2-15-7-14-6-13-9-4-8(11)5-12-10(9)14/h4-6H,2-3,7H2,1H3. The highest BCUT2D eigenvalue weighted by Crippen LogP contribution is 2.15. The van der Waals surface area contributed by atoms with E-state index in [1.54, 1.807) is 12.5 Å². The summed E-state index contributed by atoms with van der Waals surface area (Å²) in [4.78, 5) is 8.59. The first-order valence-electron chi connectivity index (χ1n) is 5.00. The molecule has 0 atom stereocenters. The van der Waals surface area contributed by atoms with Crippen LogP contribution in [-0.4, -0.2) is 30.7 Å². The molecule has 0 aromatic carbocycles. The third kappa shape index (κ3) is 2.69. The fourth-order valence-corrected chi connectivity index (χ4v) is 2.02. The minimum Gasteiger partial charge on any atom is -0.361 e. The van der Waals surface area contributed by atoms with Gasteiger partial charge in [-0.05, 0) is 28.0 Å². The summed E-state index contributed by atoms with van der Waals surface area (Å²) >= 11 is 3.37. The quantitative estimate of drug-likeness (QED) is 0.628. The SMILES string of the molecule is C[Si]CCOCn1cnc2cc(Br)cnc21. The molecule has 2 aromatic heterocycles. The van der Waals surface area contributed by atoms with E-state index < -0.39 is 0 Å². The van der Waals surface area contributed by atoms with E-state index in [4.69, 9.17) is 4.74 Å². The Morgan fingerprint density at radius 3 is 3.19 bits per heavy atom. The summed E-state index contributed by atoms with van der Waals surface area (Å²) in [5, 5.41) is 0. The minimum absolute atomic E-state index is 0.523. The van der Waals surface area contributed by atoms with E-state index in [2.05, 4.69) is 32.4 Å². The Morgan fingerprint density at radius 2 is 2.38 bits per heavy atom. The Bertz CT molecular complexity index is 474. The highest BCUT2D eigenvalue weighted by molar-refractivity contribution is 9.10. The van der Waals surface area contributed by atoms with Crippen molar-refractivity contribution in [3.8, 4) is 0 Å². The van der Waals surface area contributed by atoms with Gasteiger partial charge in [0.1, 0.15) is 12.2 Å². The van der Waals surface area contributed by atoms with Crippen LogP contribution < -0.4 is 0 Å². The lowest BCUT2D eigenvalue weighted by Gasteiger charge is -2.04. The van der Waals surface area contributed by atoms with Gasteiger partial charge in [0.15, 0.2) is 5.65 Å². The number of fused-ring (bicyclic) bond motifs is 1. The molecule has 0 aliphatic rings. The van der Waals surface area contributed by atoms with Gasteiger partial charge in [-0.25, -0.2) is 9.97 Å². The number of imidazole rings is 1.